The van der Waals surface area contributed by atoms with Crippen LogP contribution in [0.25, 0.3) is 21.3 Å². The Morgan fingerprint density at radius 2 is 1.93 bits per heavy atom. The predicted octanol–water partition coefficient (Wildman–Crippen LogP) is 3.72. The maximum Gasteiger partial charge on any atom is 0.263 e. The average molecular weight is 420 g/mol. The van der Waals surface area contributed by atoms with E-state index in [4.69, 9.17) is 0 Å². The van der Waals surface area contributed by atoms with E-state index in [2.05, 4.69) is 15.5 Å². The molecule has 0 aliphatic rings. The Balaban J connectivity index is 1.59. The molecule has 0 aliphatic heterocycles. The number of aryl methyl sites for hydroxylation is 1. The molecule has 4 rings (SSSR count). The Hall–Kier alpha value is -3.65. The van der Waals surface area contributed by atoms with Crippen molar-refractivity contribution in [2.24, 2.45) is 5.10 Å². The van der Waals surface area contributed by atoms with Crippen molar-refractivity contribution in [1.82, 2.24) is 15.0 Å². The molecule has 0 bridgehead atoms. The lowest BCUT2D eigenvalue weighted by Crippen LogP contribution is -2.30. The van der Waals surface area contributed by atoms with Gasteiger partial charge in [0.05, 0.1) is 17.9 Å². The molecule has 0 unspecified atom stereocenters. The fourth-order valence-electron chi connectivity index (χ4n) is 3.15. The predicted molar refractivity (Wildman–Crippen MR) is 116 cm³/mol. The van der Waals surface area contributed by atoms with E-state index in [1.807, 2.05) is 37.3 Å². The first-order chi connectivity index (χ1) is 14.5. The number of carbonyl (C=O) groups is 1. The van der Waals surface area contributed by atoms with Gasteiger partial charge in [-0.1, -0.05) is 48.5 Å². The number of carbonyl (C=O) groups excluding carboxylic acids is 1. The Bertz CT molecular complexity index is 1310. The van der Waals surface area contributed by atoms with Crippen LogP contribution in [-0.4, -0.2) is 21.7 Å². The summed E-state index contributed by atoms with van der Waals surface area (Å²) in [6.07, 6.45) is 2.57. The van der Waals surface area contributed by atoms with Gasteiger partial charge in [0.2, 0.25) is 0 Å². The SMILES string of the molecule is Cc1sc2ncn(CC(=O)N/N=C/c3ccccc3F)c(=O)c2c1-c1ccccc1. The lowest BCUT2D eigenvalue weighted by atomic mass is 10.0. The van der Waals surface area contributed by atoms with Crippen molar-refractivity contribution < 1.29 is 9.18 Å². The fourth-order valence-corrected chi connectivity index (χ4v) is 4.15. The van der Waals surface area contributed by atoms with Crippen molar-refractivity contribution in [3.8, 4) is 11.1 Å². The standard InChI is InChI=1S/C22H17FN4O2S/c1-14-19(15-7-3-2-4-8-15)20-21(30-14)24-13-27(22(20)29)12-18(28)26-25-11-16-9-5-6-10-17(16)23/h2-11,13H,12H2,1H3,(H,26,28)/b25-11+. The molecule has 6 nitrogen and oxygen atoms in total. The summed E-state index contributed by atoms with van der Waals surface area (Å²) in [5.41, 5.74) is 4.03. The van der Waals surface area contributed by atoms with Gasteiger partial charge in [-0.2, -0.15) is 5.10 Å². The molecule has 150 valence electrons. The van der Waals surface area contributed by atoms with Gasteiger partial charge >= 0.3 is 0 Å². The van der Waals surface area contributed by atoms with Crippen LogP contribution in [0.15, 0.2) is 70.8 Å². The Kier molecular flexibility index (Phi) is 5.49. The summed E-state index contributed by atoms with van der Waals surface area (Å²) in [5, 5.41) is 4.26. The van der Waals surface area contributed by atoms with E-state index in [0.717, 1.165) is 16.0 Å². The van der Waals surface area contributed by atoms with Crippen molar-refractivity contribution in [2.45, 2.75) is 13.5 Å². The van der Waals surface area contributed by atoms with Crippen LogP contribution in [0.5, 0.6) is 0 Å². The van der Waals surface area contributed by atoms with E-state index in [1.54, 1.807) is 12.1 Å². The summed E-state index contributed by atoms with van der Waals surface area (Å²) in [6, 6.07) is 15.7. The van der Waals surface area contributed by atoms with Crippen LogP contribution in [0.4, 0.5) is 4.39 Å². The first-order valence-electron chi connectivity index (χ1n) is 9.15. The van der Waals surface area contributed by atoms with Crippen molar-refractivity contribution in [2.75, 3.05) is 0 Å². The molecular formula is C22H17FN4O2S. The van der Waals surface area contributed by atoms with E-state index >= 15 is 0 Å². The van der Waals surface area contributed by atoms with Gasteiger partial charge in [-0.15, -0.1) is 11.3 Å². The molecule has 0 aliphatic carbocycles. The summed E-state index contributed by atoms with van der Waals surface area (Å²) < 4.78 is 14.8. The molecular weight excluding hydrogens is 403 g/mol. The number of aromatic nitrogens is 2. The molecule has 4 aromatic rings. The number of fused-ring (bicyclic) bond motifs is 1. The minimum atomic E-state index is -0.515. The van der Waals surface area contributed by atoms with Crippen LogP contribution in [-0.2, 0) is 11.3 Å². The van der Waals surface area contributed by atoms with Crippen LogP contribution in [0.3, 0.4) is 0 Å². The number of halogens is 1. The highest BCUT2D eigenvalue weighted by Crippen LogP contribution is 2.35. The van der Waals surface area contributed by atoms with Crippen LogP contribution < -0.4 is 11.0 Å². The first kappa shape index (κ1) is 19.7. The van der Waals surface area contributed by atoms with Gasteiger partial charge in [-0.25, -0.2) is 14.8 Å². The summed E-state index contributed by atoms with van der Waals surface area (Å²) in [6.45, 7) is 1.70. The Morgan fingerprint density at radius 1 is 1.20 bits per heavy atom. The fraction of sp³-hybridized carbons (Fsp3) is 0.0909. The molecule has 0 atom stereocenters. The largest absolute Gasteiger partial charge is 0.289 e. The van der Waals surface area contributed by atoms with Gasteiger partial charge in [0.15, 0.2) is 0 Å². The van der Waals surface area contributed by atoms with Gasteiger partial charge in [0, 0.05) is 16.0 Å². The van der Waals surface area contributed by atoms with Crippen molar-refractivity contribution in [3.05, 3.63) is 87.5 Å². The molecule has 1 N–H and O–H groups in total. The quantitative estimate of drug-likeness (QED) is 0.395. The topological polar surface area (TPSA) is 76.3 Å². The number of amides is 1. The molecule has 1 amide bonds. The van der Waals surface area contributed by atoms with Gasteiger partial charge in [0.25, 0.3) is 11.5 Å². The zero-order valence-electron chi connectivity index (χ0n) is 16.0. The molecule has 0 radical (unpaired) electrons. The number of hydrazone groups is 1. The van der Waals surface area contributed by atoms with E-state index in [0.29, 0.717) is 10.2 Å². The van der Waals surface area contributed by atoms with Crippen molar-refractivity contribution >= 4 is 33.7 Å². The maximum absolute atomic E-state index is 13.6. The van der Waals surface area contributed by atoms with Crippen LogP contribution in [0, 0.1) is 12.7 Å². The third-order valence-corrected chi connectivity index (χ3v) is 5.54. The number of nitrogens with one attached hydrogen (secondary N) is 1. The number of benzene rings is 2. The van der Waals surface area contributed by atoms with E-state index in [9.17, 15) is 14.0 Å². The zero-order valence-corrected chi connectivity index (χ0v) is 16.8. The molecule has 2 aromatic carbocycles. The molecule has 2 aromatic heterocycles. The Morgan fingerprint density at radius 3 is 2.70 bits per heavy atom. The van der Waals surface area contributed by atoms with E-state index < -0.39 is 11.7 Å². The normalized spacial score (nSPS) is 11.3. The Labute approximate surface area is 175 Å². The van der Waals surface area contributed by atoms with E-state index in [1.165, 1.54) is 40.6 Å². The number of rotatable bonds is 5. The van der Waals surface area contributed by atoms with Crippen LogP contribution in [0.1, 0.15) is 10.4 Å². The number of thiophene rings is 1. The monoisotopic (exact) mass is 420 g/mol. The molecule has 0 saturated heterocycles. The average Bonchev–Trinajstić information content (AvgIpc) is 3.09. The molecule has 30 heavy (non-hydrogen) atoms. The molecule has 0 spiro atoms. The summed E-state index contributed by atoms with van der Waals surface area (Å²) in [7, 11) is 0. The molecule has 0 fully saturated rings. The summed E-state index contributed by atoms with van der Waals surface area (Å²) in [5.74, 6) is -0.957. The lowest BCUT2D eigenvalue weighted by molar-refractivity contribution is -0.121. The third-order valence-electron chi connectivity index (χ3n) is 4.53. The smallest absolute Gasteiger partial charge is 0.263 e. The highest BCUT2D eigenvalue weighted by molar-refractivity contribution is 7.19. The molecule has 2 heterocycles. The van der Waals surface area contributed by atoms with Crippen molar-refractivity contribution in [3.63, 3.8) is 0 Å². The number of hydrogen-bond donors (Lipinski definition) is 1. The first-order valence-corrected chi connectivity index (χ1v) is 9.96. The zero-order chi connectivity index (χ0) is 21.1. The minimum Gasteiger partial charge on any atom is -0.289 e. The van der Waals surface area contributed by atoms with Gasteiger partial charge in [0.1, 0.15) is 17.2 Å². The molecule has 0 saturated carbocycles. The van der Waals surface area contributed by atoms with Gasteiger partial charge in [-0.05, 0) is 18.6 Å². The summed E-state index contributed by atoms with van der Waals surface area (Å²) in [4.78, 5) is 31.3. The van der Waals surface area contributed by atoms with Crippen LogP contribution in [0.2, 0.25) is 0 Å². The molecule has 8 heteroatoms. The van der Waals surface area contributed by atoms with Crippen molar-refractivity contribution in [1.29, 1.82) is 0 Å². The second-order valence-corrected chi connectivity index (χ2v) is 7.77. The lowest BCUT2D eigenvalue weighted by Gasteiger charge is -2.06. The third kappa shape index (κ3) is 3.90. The van der Waals surface area contributed by atoms with Gasteiger partial charge < -0.3 is 0 Å². The summed E-state index contributed by atoms with van der Waals surface area (Å²) >= 11 is 1.44. The number of hydrogen-bond acceptors (Lipinski definition) is 5. The second kappa shape index (κ2) is 8.38. The minimum absolute atomic E-state index is 0.249. The second-order valence-electron chi connectivity index (χ2n) is 6.57. The van der Waals surface area contributed by atoms with E-state index in [-0.39, 0.29) is 17.7 Å². The van der Waals surface area contributed by atoms with Gasteiger partial charge in [-0.3, -0.25) is 14.2 Å². The maximum atomic E-state index is 13.6. The van der Waals surface area contributed by atoms with Crippen LogP contribution >= 0.6 is 11.3 Å². The number of nitrogens with zero attached hydrogens (tertiary/aromatic N) is 3. The highest BCUT2D eigenvalue weighted by Gasteiger charge is 2.17. The highest BCUT2D eigenvalue weighted by atomic mass is 32.1.